The first kappa shape index (κ1) is 22.6. The van der Waals surface area contributed by atoms with Crippen LogP contribution in [0, 0.1) is 0 Å². The molecular formula is C28H30N2O3. The summed E-state index contributed by atoms with van der Waals surface area (Å²) in [5, 5.41) is 2.87. The molecule has 0 aliphatic rings. The summed E-state index contributed by atoms with van der Waals surface area (Å²) in [5.41, 5.74) is 5.96. The van der Waals surface area contributed by atoms with Crippen molar-refractivity contribution in [3.05, 3.63) is 89.3 Å². The first-order valence-corrected chi connectivity index (χ1v) is 11.4. The SMILES string of the molecule is CC(C)c1ccc(OCC(=O)Nc2ccc(Cc3nc4cc(C(C)C)ccc4o3)cc2)cc1. The standard InChI is InChI=1S/C28H30N2O3/c1-18(2)21-7-12-24(13-8-21)32-17-27(31)29-23-10-5-20(6-11-23)15-28-30-25-16-22(19(3)4)9-14-26(25)33-28/h5-14,16,18-19H,15,17H2,1-4H3,(H,29,31). The number of ether oxygens (including phenoxy) is 1. The van der Waals surface area contributed by atoms with E-state index in [9.17, 15) is 4.79 Å². The number of amides is 1. The minimum Gasteiger partial charge on any atom is -0.484 e. The summed E-state index contributed by atoms with van der Waals surface area (Å²) in [6.07, 6.45) is 0.593. The molecule has 0 bridgehead atoms. The fourth-order valence-corrected chi connectivity index (χ4v) is 3.60. The molecule has 0 aliphatic carbocycles. The van der Waals surface area contributed by atoms with E-state index >= 15 is 0 Å². The van der Waals surface area contributed by atoms with Crippen LogP contribution in [0.2, 0.25) is 0 Å². The second-order valence-corrected chi connectivity index (χ2v) is 8.92. The largest absolute Gasteiger partial charge is 0.484 e. The summed E-state index contributed by atoms with van der Waals surface area (Å²) >= 11 is 0. The van der Waals surface area contributed by atoms with Gasteiger partial charge in [-0.3, -0.25) is 4.79 Å². The van der Waals surface area contributed by atoms with Crippen molar-refractivity contribution in [3.8, 4) is 5.75 Å². The third-order valence-electron chi connectivity index (χ3n) is 5.63. The molecule has 5 heteroatoms. The number of hydrogen-bond donors (Lipinski definition) is 1. The molecule has 3 aromatic carbocycles. The van der Waals surface area contributed by atoms with Crippen LogP contribution in [0.25, 0.3) is 11.1 Å². The number of carbonyl (C=O) groups is 1. The maximum absolute atomic E-state index is 12.3. The quantitative estimate of drug-likeness (QED) is 0.330. The minimum absolute atomic E-state index is 0.0377. The molecule has 4 rings (SSSR count). The van der Waals surface area contributed by atoms with Crippen LogP contribution in [-0.2, 0) is 11.2 Å². The van der Waals surface area contributed by atoms with Crippen LogP contribution in [0.5, 0.6) is 5.75 Å². The van der Waals surface area contributed by atoms with Gasteiger partial charge in [0.25, 0.3) is 5.91 Å². The number of aromatic nitrogens is 1. The Balaban J connectivity index is 1.31. The molecule has 0 saturated heterocycles. The van der Waals surface area contributed by atoms with E-state index in [2.05, 4.69) is 50.1 Å². The molecule has 0 saturated carbocycles. The summed E-state index contributed by atoms with van der Waals surface area (Å²) in [4.78, 5) is 16.9. The predicted octanol–water partition coefficient (Wildman–Crippen LogP) is 6.68. The zero-order valence-corrected chi connectivity index (χ0v) is 19.6. The molecule has 5 nitrogen and oxygen atoms in total. The van der Waals surface area contributed by atoms with Gasteiger partial charge in [-0.1, -0.05) is 58.0 Å². The molecule has 4 aromatic rings. The van der Waals surface area contributed by atoms with Gasteiger partial charge in [0, 0.05) is 12.1 Å². The van der Waals surface area contributed by atoms with E-state index in [-0.39, 0.29) is 12.5 Å². The highest BCUT2D eigenvalue weighted by atomic mass is 16.5. The Morgan fingerprint density at radius 1 is 0.909 bits per heavy atom. The Hall–Kier alpha value is -3.60. The van der Waals surface area contributed by atoms with Crippen LogP contribution < -0.4 is 10.1 Å². The van der Waals surface area contributed by atoms with Crippen molar-refractivity contribution in [1.82, 2.24) is 4.98 Å². The molecule has 0 radical (unpaired) electrons. The number of fused-ring (bicyclic) bond motifs is 1. The predicted molar refractivity (Wildman–Crippen MR) is 132 cm³/mol. The lowest BCUT2D eigenvalue weighted by molar-refractivity contribution is -0.118. The second kappa shape index (κ2) is 9.90. The Labute approximate surface area is 194 Å². The van der Waals surface area contributed by atoms with Gasteiger partial charge in [0.2, 0.25) is 0 Å². The number of carbonyl (C=O) groups excluding carboxylic acids is 1. The van der Waals surface area contributed by atoms with E-state index in [0.29, 0.717) is 29.9 Å². The van der Waals surface area contributed by atoms with E-state index in [4.69, 9.17) is 9.15 Å². The fourth-order valence-electron chi connectivity index (χ4n) is 3.60. The van der Waals surface area contributed by atoms with E-state index < -0.39 is 0 Å². The summed E-state index contributed by atoms with van der Waals surface area (Å²) in [7, 11) is 0. The second-order valence-electron chi connectivity index (χ2n) is 8.92. The molecule has 0 fully saturated rings. The highest BCUT2D eigenvalue weighted by molar-refractivity contribution is 5.91. The first-order chi connectivity index (χ1) is 15.9. The van der Waals surface area contributed by atoms with Crippen molar-refractivity contribution in [1.29, 1.82) is 0 Å². The minimum atomic E-state index is -0.199. The molecule has 33 heavy (non-hydrogen) atoms. The van der Waals surface area contributed by atoms with Gasteiger partial charge in [-0.15, -0.1) is 0 Å². The van der Waals surface area contributed by atoms with E-state index in [1.165, 1.54) is 11.1 Å². The highest BCUT2D eigenvalue weighted by Gasteiger charge is 2.10. The van der Waals surface area contributed by atoms with Crippen LogP contribution in [0.4, 0.5) is 5.69 Å². The van der Waals surface area contributed by atoms with Crippen molar-refractivity contribution in [2.75, 3.05) is 11.9 Å². The number of benzene rings is 3. The first-order valence-electron chi connectivity index (χ1n) is 11.4. The van der Waals surface area contributed by atoms with Gasteiger partial charge >= 0.3 is 0 Å². The van der Waals surface area contributed by atoms with Gasteiger partial charge < -0.3 is 14.5 Å². The van der Waals surface area contributed by atoms with Crippen LogP contribution in [-0.4, -0.2) is 17.5 Å². The summed E-state index contributed by atoms with van der Waals surface area (Å²) in [6, 6.07) is 21.7. The van der Waals surface area contributed by atoms with Crippen molar-refractivity contribution in [2.45, 2.75) is 46.0 Å². The van der Waals surface area contributed by atoms with Gasteiger partial charge in [-0.25, -0.2) is 4.98 Å². The Bertz CT molecular complexity index is 1220. The van der Waals surface area contributed by atoms with Crippen molar-refractivity contribution < 1.29 is 13.9 Å². The maximum atomic E-state index is 12.3. The number of hydrogen-bond acceptors (Lipinski definition) is 4. The fraction of sp³-hybridized carbons (Fsp3) is 0.286. The Kier molecular flexibility index (Phi) is 6.78. The number of nitrogens with zero attached hydrogens (tertiary/aromatic N) is 1. The molecular weight excluding hydrogens is 412 g/mol. The average Bonchev–Trinajstić information content (AvgIpc) is 3.20. The Morgan fingerprint density at radius 2 is 1.58 bits per heavy atom. The van der Waals surface area contributed by atoms with Gasteiger partial charge in [0.1, 0.15) is 11.3 Å². The van der Waals surface area contributed by atoms with Gasteiger partial charge in [0.15, 0.2) is 18.1 Å². The molecule has 170 valence electrons. The third-order valence-corrected chi connectivity index (χ3v) is 5.63. The lowest BCUT2D eigenvalue weighted by Crippen LogP contribution is -2.20. The lowest BCUT2D eigenvalue weighted by Gasteiger charge is -2.10. The van der Waals surface area contributed by atoms with E-state index in [1.807, 2.05) is 54.6 Å². The molecule has 1 heterocycles. The van der Waals surface area contributed by atoms with Gasteiger partial charge in [-0.05, 0) is 64.9 Å². The highest BCUT2D eigenvalue weighted by Crippen LogP contribution is 2.23. The smallest absolute Gasteiger partial charge is 0.262 e. The number of oxazole rings is 1. The van der Waals surface area contributed by atoms with Crippen molar-refractivity contribution >= 4 is 22.7 Å². The topological polar surface area (TPSA) is 64.4 Å². The van der Waals surface area contributed by atoms with Crippen molar-refractivity contribution in [3.63, 3.8) is 0 Å². The average molecular weight is 443 g/mol. The molecule has 0 spiro atoms. The molecule has 1 N–H and O–H groups in total. The molecule has 0 atom stereocenters. The lowest BCUT2D eigenvalue weighted by atomic mass is 10.0. The van der Waals surface area contributed by atoms with Crippen LogP contribution in [0.3, 0.4) is 0 Å². The van der Waals surface area contributed by atoms with Gasteiger partial charge in [0.05, 0.1) is 0 Å². The normalized spacial score (nSPS) is 11.3. The van der Waals surface area contributed by atoms with E-state index in [0.717, 1.165) is 22.4 Å². The summed E-state index contributed by atoms with van der Waals surface area (Å²) < 4.78 is 11.5. The van der Waals surface area contributed by atoms with Gasteiger partial charge in [-0.2, -0.15) is 0 Å². The summed E-state index contributed by atoms with van der Waals surface area (Å²) in [5.74, 6) is 2.08. The number of rotatable bonds is 8. The molecule has 0 unspecified atom stereocenters. The zero-order chi connectivity index (χ0) is 23.4. The number of nitrogens with one attached hydrogen (secondary N) is 1. The Morgan fingerprint density at radius 3 is 2.24 bits per heavy atom. The van der Waals surface area contributed by atoms with Crippen molar-refractivity contribution in [2.24, 2.45) is 0 Å². The van der Waals surface area contributed by atoms with E-state index in [1.54, 1.807) is 0 Å². The molecule has 1 aromatic heterocycles. The van der Waals surface area contributed by atoms with Crippen LogP contribution in [0.15, 0.2) is 71.1 Å². The molecule has 1 amide bonds. The van der Waals surface area contributed by atoms with Crippen LogP contribution >= 0.6 is 0 Å². The number of anilines is 1. The van der Waals surface area contributed by atoms with Crippen LogP contribution in [0.1, 0.15) is 62.1 Å². The monoisotopic (exact) mass is 442 g/mol. The summed E-state index contributed by atoms with van der Waals surface area (Å²) in [6.45, 7) is 8.58. The zero-order valence-electron chi connectivity index (χ0n) is 19.6. The maximum Gasteiger partial charge on any atom is 0.262 e. The molecule has 0 aliphatic heterocycles. The third kappa shape index (κ3) is 5.80.